The van der Waals surface area contributed by atoms with Crippen LogP contribution in [-0.2, 0) is 0 Å². The summed E-state index contributed by atoms with van der Waals surface area (Å²) in [6.45, 7) is 5.63. The number of rotatable bonds is 4. The largest absolute Gasteiger partial charge is 0.329 e. The van der Waals surface area contributed by atoms with Gasteiger partial charge in [-0.3, -0.25) is 4.90 Å². The Morgan fingerprint density at radius 1 is 1.05 bits per heavy atom. The first-order valence-electron chi connectivity index (χ1n) is 8.52. The van der Waals surface area contributed by atoms with Crippen LogP contribution in [0.1, 0.15) is 71.6 Å². The van der Waals surface area contributed by atoms with Gasteiger partial charge in [0.25, 0.3) is 0 Å². The van der Waals surface area contributed by atoms with Crippen molar-refractivity contribution < 1.29 is 0 Å². The zero-order valence-electron chi connectivity index (χ0n) is 13.3. The minimum absolute atomic E-state index is 0.304. The summed E-state index contributed by atoms with van der Waals surface area (Å²) in [5, 5.41) is 0. The Bertz CT molecular complexity index is 270. The number of hydrogen-bond donors (Lipinski definition) is 1. The highest BCUT2D eigenvalue weighted by molar-refractivity contribution is 4.96. The van der Waals surface area contributed by atoms with E-state index in [-0.39, 0.29) is 0 Å². The van der Waals surface area contributed by atoms with Crippen molar-refractivity contribution in [3.8, 4) is 0 Å². The molecule has 0 saturated heterocycles. The Balaban J connectivity index is 2.04. The van der Waals surface area contributed by atoms with Crippen LogP contribution in [0.25, 0.3) is 0 Å². The molecule has 2 aliphatic carbocycles. The number of hydrogen-bond acceptors (Lipinski definition) is 2. The molecule has 0 aromatic heterocycles. The van der Waals surface area contributed by atoms with Gasteiger partial charge in [-0.1, -0.05) is 39.5 Å². The second-order valence-corrected chi connectivity index (χ2v) is 7.41. The van der Waals surface area contributed by atoms with Gasteiger partial charge in [-0.25, -0.2) is 0 Å². The Kier molecular flexibility index (Phi) is 5.30. The lowest BCUT2D eigenvalue weighted by molar-refractivity contribution is 0.0631. The molecule has 2 heteroatoms. The third-order valence-corrected chi connectivity index (χ3v) is 6.14. The van der Waals surface area contributed by atoms with Crippen LogP contribution >= 0.6 is 0 Å². The molecular formula is C17H34N2. The third-order valence-electron chi connectivity index (χ3n) is 6.14. The molecule has 19 heavy (non-hydrogen) atoms. The van der Waals surface area contributed by atoms with Gasteiger partial charge < -0.3 is 5.73 Å². The van der Waals surface area contributed by atoms with Crippen LogP contribution in [-0.4, -0.2) is 30.1 Å². The summed E-state index contributed by atoms with van der Waals surface area (Å²) in [5.74, 6) is 1.76. The topological polar surface area (TPSA) is 29.3 Å². The normalized spacial score (nSPS) is 34.1. The third kappa shape index (κ3) is 3.33. The number of nitrogens with two attached hydrogens (primary N) is 1. The maximum Gasteiger partial charge on any atom is 0.0331 e. The molecule has 2 fully saturated rings. The first kappa shape index (κ1) is 15.3. The molecule has 0 aromatic rings. The van der Waals surface area contributed by atoms with Crippen LogP contribution < -0.4 is 5.73 Å². The first-order chi connectivity index (χ1) is 9.09. The van der Waals surface area contributed by atoms with E-state index in [1.807, 2.05) is 0 Å². The molecular weight excluding hydrogens is 232 g/mol. The second kappa shape index (κ2) is 6.58. The van der Waals surface area contributed by atoms with Crippen LogP contribution in [0.5, 0.6) is 0 Å². The van der Waals surface area contributed by atoms with E-state index in [2.05, 4.69) is 25.8 Å². The van der Waals surface area contributed by atoms with E-state index in [9.17, 15) is 0 Å². The molecule has 0 bridgehead atoms. The van der Waals surface area contributed by atoms with E-state index in [1.165, 1.54) is 57.8 Å². The zero-order chi connectivity index (χ0) is 13.9. The van der Waals surface area contributed by atoms with Gasteiger partial charge in [0, 0.05) is 18.1 Å². The lowest BCUT2D eigenvalue weighted by Crippen LogP contribution is -2.55. The highest BCUT2D eigenvalue weighted by atomic mass is 15.2. The molecule has 0 aliphatic heterocycles. The summed E-state index contributed by atoms with van der Waals surface area (Å²) in [4.78, 5) is 2.70. The monoisotopic (exact) mass is 266 g/mol. The minimum atomic E-state index is 0.304. The van der Waals surface area contributed by atoms with Crippen molar-refractivity contribution in [1.82, 2.24) is 4.90 Å². The fourth-order valence-corrected chi connectivity index (χ4v) is 4.46. The highest BCUT2D eigenvalue weighted by Gasteiger charge is 2.39. The Labute approximate surface area is 120 Å². The number of likely N-dealkylation sites (N-methyl/N-ethyl adjacent to an activating group) is 1. The molecule has 112 valence electrons. The highest BCUT2D eigenvalue weighted by Crippen LogP contribution is 2.39. The molecule has 2 atom stereocenters. The first-order valence-corrected chi connectivity index (χ1v) is 8.52. The Morgan fingerprint density at radius 2 is 1.74 bits per heavy atom. The summed E-state index contributed by atoms with van der Waals surface area (Å²) in [5.41, 5.74) is 6.56. The van der Waals surface area contributed by atoms with Crippen LogP contribution in [0, 0.1) is 11.8 Å². The predicted molar refractivity (Wildman–Crippen MR) is 83.2 cm³/mol. The van der Waals surface area contributed by atoms with Crippen LogP contribution in [0.15, 0.2) is 0 Å². The van der Waals surface area contributed by atoms with Crippen molar-refractivity contribution in [3.05, 3.63) is 0 Å². The van der Waals surface area contributed by atoms with Gasteiger partial charge in [-0.05, 0) is 51.0 Å². The van der Waals surface area contributed by atoms with Gasteiger partial charge >= 0.3 is 0 Å². The van der Waals surface area contributed by atoms with E-state index in [0.29, 0.717) is 5.54 Å². The van der Waals surface area contributed by atoms with Gasteiger partial charge in [-0.15, -0.1) is 0 Å². The molecule has 0 aromatic carbocycles. The van der Waals surface area contributed by atoms with Crippen molar-refractivity contribution in [3.63, 3.8) is 0 Å². The SMILES string of the molecule is CC(C)C1CCCC(CN)(N(C)C2CCCC2)CC1. The smallest absolute Gasteiger partial charge is 0.0331 e. The summed E-state index contributed by atoms with van der Waals surface area (Å²) in [6.07, 6.45) is 12.4. The molecule has 0 spiro atoms. The van der Waals surface area contributed by atoms with E-state index in [1.54, 1.807) is 0 Å². The summed E-state index contributed by atoms with van der Waals surface area (Å²) < 4.78 is 0. The van der Waals surface area contributed by atoms with Crippen LogP contribution in [0.4, 0.5) is 0 Å². The zero-order valence-corrected chi connectivity index (χ0v) is 13.3. The molecule has 2 rings (SSSR count). The van der Waals surface area contributed by atoms with Crippen molar-refractivity contribution in [2.24, 2.45) is 17.6 Å². The minimum Gasteiger partial charge on any atom is -0.329 e. The van der Waals surface area contributed by atoms with E-state index in [4.69, 9.17) is 5.73 Å². The van der Waals surface area contributed by atoms with Crippen molar-refractivity contribution in [2.45, 2.75) is 83.2 Å². The maximum absolute atomic E-state index is 6.26. The van der Waals surface area contributed by atoms with Crippen molar-refractivity contribution in [2.75, 3.05) is 13.6 Å². The standard InChI is InChI=1S/C17H34N2/c1-14(2)15-7-6-11-17(13-18,12-10-15)19(3)16-8-4-5-9-16/h14-16H,4-13,18H2,1-3H3. The fourth-order valence-electron chi connectivity index (χ4n) is 4.46. The van der Waals surface area contributed by atoms with Crippen molar-refractivity contribution in [1.29, 1.82) is 0 Å². The van der Waals surface area contributed by atoms with Crippen LogP contribution in [0.3, 0.4) is 0 Å². The quantitative estimate of drug-likeness (QED) is 0.784. The van der Waals surface area contributed by atoms with Crippen molar-refractivity contribution >= 4 is 0 Å². The molecule has 2 unspecified atom stereocenters. The molecule has 0 amide bonds. The van der Waals surface area contributed by atoms with Gasteiger partial charge in [0.15, 0.2) is 0 Å². The molecule has 2 aliphatic rings. The average molecular weight is 266 g/mol. The lowest BCUT2D eigenvalue weighted by atomic mass is 9.85. The number of nitrogens with zero attached hydrogens (tertiary/aromatic N) is 1. The Morgan fingerprint density at radius 3 is 2.32 bits per heavy atom. The molecule has 2 N–H and O–H groups in total. The predicted octanol–water partition coefficient (Wildman–Crippen LogP) is 3.79. The van der Waals surface area contributed by atoms with E-state index >= 15 is 0 Å². The summed E-state index contributed by atoms with van der Waals surface area (Å²) in [6, 6.07) is 0.805. The molecule has 0 heterocycles. The molecule has 0 radical (unpaired) electrons. The molecule has 2 saturated carbocycles. The van der Waals surface area contributed by atoms with E-state index in [0.717, 1.165) is 24.4 Å². The maximum atomic E-state index is 6.26. The Hall–Kier alpha value is -0.0800. The summed E-state index contributed by atoms with van der Waals surface area (Å²) >= 11 is 0. The average Bonchev–Trinajstić information content (AvgIpc) is 2.83. The second-order valence-electron chi connectivity index (χ2n) is 7.41. The fraction of sp³-hybridized carbons (Fsp3) is 1.00. The summed E-state index contributed by atoms with van der Waals surface area (Å²) in [7, 11) is 2.36. The van der Waals surface area contributed by atoms with Gasteiger partial charge in [0.05, 0.1) is 0 Å². The molecule has 2 nitrogen and oxygen atoms in total. The van der Waals surface area contributed by atoms with Gasteiger partial charge in [-0.2, -0.15) is 0 Å². The van der Waals surface area contributed by atoms with Crippen LogP contribution in [0.2, 0.25) is 0 Å². The lowest BCUT2D eigenvalue weighted by Gasteiger charge is -2.44. The van der Waals surface area contributed by atoms with Gasteiger partial charge in [0.2, 0.25) is 0 Å². The van der Waals surface area contributed by atoms with E-state index < -0.39 is 0 Å². The van der Waals surface area contributed by atoms with Gasteiger partial charge in [0.1, 0.15) is 0 Å².